The summed E-state index contributed by atoms with van der Waals surface area (Å²) in [6.07, 6.45) is -7.06. The number of aliphatic hydroxyl groups excluding tert-OH is 5. The van der Waals surface area contributed by atoms with Crippen molar-refractivity contribution in [2.45, 2.75) is 63.3 Å². The number of aryl methyl sites for hydroxylation is 1. The maximum absolute atomic E-state index is 11.1. The summed E-state index contributed by atoms with van der Waals surface area (Å²) in [5, 5.41) is 51.5. The molecule has 1 fully saturated rings. The van der Waals surface area contributed by atoms with Crippen LogP contribution in [0.15, 0.2) is 40.9 Å². The van der Waals surface area contributed by atoms with Crippen LogP contribution in [0.25, 0.3) is 0 Å². The predicted molar refractivity (Wildman–Crippen MR) is 116 cm³/mol. The van der Waals surface area contributed by atoms with E-state index in [1.807, 2.05) is 51.1 Å². The first-order chi connectivity index (χ1) is 14.1. The van der Waals surface area contributed by atoms with E-state index in [2.05, 4.69) is 15.9 Å². The van der Waals surface area contributed by atoms with Gasteiger partial charge in [0, 0.05) is 4.47 Å². The highest BCUT2D eigenvalue weighted by Gasteiger charge is 2.44. The lowest BCUT2D eigenvalue weighted by Crippen LogP contribution is -2.55. The van der Waals surface area contributed by atoms with Crippen molar-refractivity contribution in [2.24, 2.45) is 0 Å². The van der Waals surface area contributed by atoms with E-state index in [4.69, 9.17) is 4.74 Å². The molecule has 0 amide bonds. The van der Waals surface area contributed by atoms with E-state index < -0.39 is 43.2 Å². The predicted octanol–water partition coefficient (Wildman–Crippen LogP) is 2.48. The Bertz CT molecular complexity index is 867. The van der Waals surface area contributed by atoms with Gasteiger partial charge in [0.25, 0.3) is 0 Å². The molecule has 1 aliphatic rings. The lowest BCUT2D eigenvalue weighted by molar-refractivity contribution is -0.231. The summed E-state index contributed by atoms with van der Waals surface area (Å²) in [6.45, 7) is 5.47. The van der Waals surface area contributed by atoms with Gasteiger partial charge in [-0.25, -0.2) is 0 Å². The number of hydrogen-bond donors (Lipinski definition) is 5. The molecule has 6 nitrogen and oxygen atoms in total. The molecule has 0 spiro atoms. The fourth-order valence-corrected chi connectivity index (χ4v) is 4.26. The maximum atomic E-state index is 11.1. The molecule has 0 saturated carbocycles. The second-order valence-electron chi connectivity index (χ2n) is 8.20. The quantitative estimate of drug-likeness (QED) is 0.449. The van der Waals surface area contributed by atoms with E-state index in [0.29, 0.717) is 11.1 Å². The number of benzene rings is 2. The molecule has 2 aromatic carbocycles. The van der Waals surface area contributed by atoms with Crippen molar-refractivity contribution in [1.29, 1.82) is 0 Å². The van der Waals surface area contributed by atoms with Gasteiger partial charge in [-0.2, -0.15) is 0 Å². The van der Waals surface area contributed by atoms with Gasteiger partial charge in [-0.1, -0.05) is 48.0 Å². The average Bonchev–Trinajstić information content (AvgIpc) is 2.72. The van der Waals surface area contributed by atoms with Gasteiger partial charge in [0.15, 0.2) is 0 Å². The van der Waals surface area contributed by atoms with Crippen molar-refractivity contribution in [2.75, 3.05) is 6.61 Å². The van der Waals surface area contributed by atoms with Gasteiger partial charge in [-0.05, 0) is 58.9 Å². The van der Waals surface area contributed by atoms with Gasteiger partial charge < -0.3 is 30.3 Å². The molecule has 1 unspecified atom stereocenters. The van der Waals surface area contributed by atoms with Crippen LogP contribution >= 0.6 is 15.9 Å². The third-order valence-corrected chi connectivity index (χ3v) is 6.30. The van der Waals surface area contributed by atoms with Crippen LogP contribution in [0.5, 0.6) is 0 Å². The van der Waals surface area contributed by atoms with Crippen LogP contribution in [-0.2, 0) is 4.74 Å². The molecule has 1 saturated heterocycles. The summed E-state index contributed by atoms with van der Waals surface area (Å²) in [7, 11) is 0. The zero-order valence-corrected chi connectivity index (χ0v) is 18.8. The number of aliphatic hydroxyl groups is 5. The Morgan fingerprint density at radius 3 is 2.17 bits per heavy atom. The first-order valence-electron chi connectivity index (χ1n) is 10.0. The van der Waals surface area contributed by atoms with Crippen molar-refractivity contribution >= 4 is 15.9 Å². The summed E-state index contributed by atoms with van der Waals surface area (Å²) in [5.41, 5.74) is 3.81. The minimum absolute atomic E-state index is 0.146. The average molecular weight is 481 g/mol. The van der Waals surface area contributed by atoms with Crippen LogP contribution in [-0.4, -0.2) is 56.6 Å². The molecule has 1 aliphatic heterocycles. The smallest absolute Gasteiger partial charge is 0.113 e. The Hall–Kier alpha value is -1.32. The first-order valence-corrected chi connectivity index (χ1v) is 10.8. The Labute approximate surface area is 184 Å². The second-order valence-corrected chi connectivity index (χ2v) is 9.11. The zero-order chi connectivity index (χ0) is 22.2. The summed E-state index contributed by atoms with van der Waals surface area (Å²) < 4.78 is 6.67. The third-order valence-electron chi connectivity index (χ3n) is 5.77. The van der Waals surface area contributed by atoms with Gasteiger partial charge in [-0.3, -0.25) is 0 Å². The monoisotopic (exact) mass is 480 g/mol. The molecule has 0 aromatic heterocycles. The van der Waals surface area contributed by atoms with Gasteiger partial charge in [-0.15, -0.1) is 0 Å². The van der Waals surface area contributed by atoms with Crippen molar-refractivity contribution in [3.8, 4) is 0 Å². The molecule has 0 radical (unpaired) electrons. The Kier molecular flexibility index (Phi) is 7.35. The molecule has 0 bridgehead atoms. The van der Waals surface area contributed by atoms with Crippen molar-refractivity contribution in [3.05, 3.63) is 68.7 Å². The Balaban J connectivity index is 2.08. The molecular formula is C23H29BrO6. The third kappa shape index (κ3) is 4.48. The molecule has 1 heterocycles. The minimum Gasteiger partial charge on any atom is -0.394 e. The molecule has 6 atom stereocenters. The molecule has 3 rings (SSSR count). The largest absolute Gasteiger partial charge is 0.394 e. The first kappa shape index (κ1) is 23.3. The molecule has 30 heavy (non-hydrogen) atoms. The van der Waals surface area contributed by atoms with Gasteiger partial charge in [0.05, 0.1) is 6.61 Å². The van der Waals surface area contributed by atoms with E-state index in [1.165, 1.54) is 0 Å². The zero-order valence-electron chi connectivity index (χ0n) is 17.2. The van der Waals surface area contributed by atoms with Crippen LogP contribution in [0.3, 0.4) is 0 Å². The lowest BCUT2D eigenvalue weighted by atomic mass is 9.83. The van der Waals surface area contributed by atoms with Crippen molar-refractivity contribution in [3.63, 3.8) is 0 Å². The molecule has 5 N–H and O–H groups in total. The van der Waals surface area contributed by atoms with Gasteiger partial charge in [0.1, 0.15) is 36.6 Å². The van der Waals surface area contributed by atoms with Crippen LogP contribution in [0.4, 0.5) is 0 Å². The molecule has 164 valence electrons. The topological polar surface area (TPSA) is 110 Å². The van der Waals surface area contributed by atoms with E-state index >= 15 is 0 Å². The normalized spacial score (nSPS) is 28.0. The number of ether oxygens (including phenoxy) is 1. The van der Waals surface area contributed by atoms with Gasteiger partial charge in [0.2, 0.25) is 0 Å². The number of hydrogen-bond acceptors (Lipinski definition) is 6. The van der Waals surface area contributed by atoms with E-state index in [9.17, 15) is 25.5 Å². The Morgan fingerprint density at radius 2 is 1.60 bits per heavy atom. The fraction of sp³-hybridized carbons (Fsp3) is 0.478. The fourth-order valence-electron chi connectivity index (χ4n) is 3.99. The molecule has 0 aliphatic carbocycles. The maximum Gasteiger partial charge on any atom is 0.113 e. The van der Waals surface area contributed by atoms with Crippen LogP contribution < -0.4 is 0 Å². The summed E-state index contributed by atoms with van der Waals surface area (Å²) in [4.78, 5) is 0. The van der Waals surface area contributed by atoms with E-state index in [1.54, 1.807) is 6.07 Å². The Morgan fingerprint density at radius 1 is 0.967 bits per heavy atom. The summed E-state index contributed by atoms with van der Waals surface area (Å²) >= 11 is 3.40. The SMILES string of the molecule is Cc1cc(C(C)C)c(C(O)c2ccc(Br)cc2)cc1[C@@H]1O[C@H](CO)[C@@H](O)[C@H](O)[C@H]1O. The number of halogens is 1. The van der Waals surface area contributed by atoms with E-state index in [0.717, 1.165) is 21.2 Å². The van der Waals surface area contributed by atoms with E-state index in [-0.39, 0.29) is 5.92 Å². The van der Waals surface area contributed by atoms with Crippen LogP contribution in [0, 0.1) is 6.92 Å². The minimum atomic E-state index is -1.45. The summed E-state index contributed by atoms with van der Waals surface area (Å²) in [5.74, 6) is 0.146. The molecule has 7 heteroatoms. The van der Waals surface area contributed by atoms with Gasteiger partial charge >= 0.3 is 0 Å². The molecule has 2 aromatic rings. The van der Waals surface area contributed by atoms with Crippen molar-refractivity contribution in [1.82, 2.24) is 0 Å². The van der Waals surface area contributed by atoms with Crippen LogP contribution in [0.1, 0.15) is 59.8 Å². The summed E-state index contributed by atoms with van der Waals surface area (Å²) in [6, 6.07) is 11.2. The highest BCUT2D eigenvalue weighted by molar-refractivity contribution is 9.10. The standard InChI is InChI=1S/C23H29BrO6/c1-11(2)15-8-12(3)16(23-22(29)21(28)20(27)18(10-25)30-23)9-17(15)19(26)13-4-6-14(24)7-5-13/h4-9,11,18-23,25-29H,10H2,1-3H3/t18-,19?,20-,21+,22-,23+/m1/s1. The molecular weight excluding hydrogens is 452 g/mol. The van der Waals surface area contributed by atoms with Crippen LogP contribution in [0.2, 0.25) is 0 Å². The second kappa shape index (κ2) is 9.44. The highest BCUT2D eigenvalue weighted by Crippen LogP contribution is 2.38. The lowest BCUT2D eigenvalue weighted by Gasteiger charge is -2.41. The van der Waals surface area contributed by atoms with Crippen molar-refractivity contribution < 1.29 is 30.3 Å². The highest BCUT2D eigenvalue weighted by atomic mass is 79.9. The number of rotatable bonds is 5.